The number of aromatic amines is 1. The second-order valence-electron chi connectivity index (χ2n) is 9.77. The molecule has 184 valence electrons. The number of aromatic nitrogens is 6. The molecule has 0 unspecified atom stereocenters. The summed E-state index contributed by atoms with van der Waals surface area (Å²) in [5.41, 5.74) is 3.74. The van der Waals surface area contributed by atoms with E-state index in [2.05, 4.69) is 36.0 Å². The molecule has 0 radical (unpaired) electrons. The Kier molecular flexibility index (Phi) is 4.56. The summed E-state index contributed by atoms with van der Waals surface area (Å²) in [7, 11) is 0. The number of benzene rings is 2. The third-order valence-corrected chi connectivity index (χ3v) is 6.60. The van der Waals surface area contributed by atoms with Crippen LogP contribution in [0.2, 0.25) is 0 Å². The molecule has 2 aliphatic rings. The standard InChI is InChI=1S/C26H22N8O3/c1-26(2)19-10-16(5-7-17(19)24(35)36-26)30-25-27-12-18(23-31-21(34-37-23)13-3-4-13)22(32-25)29-15-6-8-20-14(9-15)11-28-33-20/h5-13H,3-4H2,1-2H3,(H,28,33)(H2,27,29,30,32). The molecule has 37 heavy (non-hydrogen) atoms. The van der Waals surface area contributed by atoms with Crippen LogP contribution in [0.3, 0.4) is 0 Å². The van der Waals surface area contributed by atoms with E-state index in [1.54, 1.807) is 24.5 Å². The monoisotopic (exact) mass is 494 g/mol. The summed E-state index contributed by atoms with van der Waals surface area (Å²) in [6, 6.07) is 11.3. The molecule has 2 aromatic carbocycles. The zero-order valence-electron chi connectivity index (χ0n) is 20.1. The molecule has 1 saturated carbocycles. The zero-order valence-corrected chi connectivity index (χ0v) is 20.1. The van der Waals surface area contributed by atoms with Crippen molar-refractivity contribution in [2.24, 2.45) is 0 Å². The number of hydrogen-bond donors (Lipinski definition) is 3. The van der Waals surface area contributed by atoms with E-state index in [4.69, 9.17) is 14.2 Å². The number of fused-ring (bicyclic) bond motifs is 2. The molecule has 1 fully saturated rings. The highest BCUT2D eigenvalue weighted by Gasteiger charge is 2.37. The molecular weight excluding hydrogens is 472 g/mol. The van der Waals surface area contributed by atoms with E-state index >= 15 is 0 Å². The van der Waals surface area contributed by atoms with Gasteiger partial charge in [0.05, 0.1) is 17.3 Å². The first-order valence-electron chi connectivity index (χ1n) is 12.0. The number of H-pyrrole nitrogens is 1. The minimum atomic E-state index is -0.704. The summed E-state index contributed by atoms with van der Waals surface area (Å²) in [4.78, 5) is 26.0. The molecule has 11 heteroatoms. The Labute approximate surface area is 210 Å². The third kappa shape index (κ3) is 3.84. The molecule has 1 aliphatic carbocycles. The van der Waals surface area contributed by atoms with Gasteiger partial charge in [-0.15, -0.1) is 0 Å². The fraction of sp³-hybridized carbons (Fsp3) is 0.231. The van der Waals surface area contributed by atoms with Gasteiger partial charge in [0.1, 0.15) is 17.0 Å². The van der Waals surface area contributed by atoms with E-state index in [-0.39, 0.29) is 5.97 Å². The first-order valence-corrected chi connectivity index (χ1v) is 12.0. The van der Waals surface area contributed by atoms with Gasteiger partial charge in [0.25, 0.3) is 5.89 Å². The van der Waals surface area contributed by atoms with E-state index < -0.39 is 5.60 Å². The first-order chi connectivity index (χ1) is 17.9. The lowest BCUT2D eigenvalue weighted by Crippen LogP contribution is -2.16. The number of nitrogens with one attached hydrogen (secondary N) is 3. The van der Waals surface area contributed by atoms with Crippen molar-refractivity contribution in [2.75, 3.05) is 10.6 Å². The molecule has 5 aromatic rings. The molecule has 3 N–H and O–H groups in total. The van der Waals surface area contributed by atoms with Crippen LogP contribution in [0.5, 0.6) is 0 Å². The van der Waals surface area contributed by atoms with Gasteiger partial charge < -0.3 is 19.9 Å². The number of anilines is 4. The third-order valence-electron chi connectivity index (χ3n) is 6.60. The minimum Gasteiger partial charge on any atom is -0.451 e. The predicted octanol–water partition coefficient (Wildman–Crippen LogP) is 5.17. The lowest BCUT2D eigenvalue weighted by atomic mass is 9.95. The van der Waals surface area contributed by atoms with Crippen molar-refractivity contribution >= 4 is 40.0 Å². The second kappa shape index (κ2) is 7.85. The number of esters is 1. The van der Waals surface area contributed by atoms with Crippen LogP contribution in [0.1, 0.15) is 54.4 Å². The first kappa shape index (κ1) is 21.5. The van der Waals surface area contributed by atoms with Gasteiger partial charge in [0.2, 0.25) is 5.95 Å². The Hall–Kier alpha value is -4.80. The van der Waals surface area contributed by atoms with Gasteiger partial charge in [-0.3, -0.25) is 5.10 Å². The van der Waals surface area contributed by atoms with E-state index in [1.165, 1.54) is 0 Å². The molecule has 0 atom stereocenters. The number of rotatable bonds is 6. The number of carbonyl (C=O) groups excluding carboxylic acids is 1. The van der Waals surface area contributed by atoms with Crippen molar-refractivity contribution in [1.82, 2.24) is 30.3 Å². The normalized spacial score (nSPS) is 16.0. The molecule has 0 amide bonds. The van der Waals surface area contributed by atoms with Gasteiger partial charge >= 0.3 is 5.97 Å². The lowest BCUT2D eigenvalue weighted by Gasteiger charge is -2.18. The zero-order chi connectivity index (χ0) is 25.1. The van der Waals surface area contributed by atoms with Crippen LogP contribution in [0, 0.1) is 0 Å². The number of nitrogens with zero attached hydrogens (tertiary/aromatic N) is 5. The van der Waals surface area contributed by atoms with Gasteiger partial charge in [0, 0.05) is 34.4 Å². The molecule has 0 bridgehead atoms. The van der Waals surface area contributed by atoms with Crippen LogP contribution in [0.15, 0.2) is 53.3 Å². The van der Waals surface area contributed by atoms with Crippen molar-refractivity contribution in [2.45, 2.75) is 38.2 Å². The Balaban J connectivity index is 1.25. The van der Waals surface area contributed by atoms with Gasteiger partial charge in [-0.1, -0.05) is 5.16 Å². The summed E-state index contributed by atoms with van der Waals surface area (Å²) in [5, 5.41) is 18.8. The van der Waals surface area contributed by atoms with Crippen LogP contribution in [0.4, 0.5) is 23.1 Å². The Morgan fingerprint density at radius 2 is 1.84 bits per heavy atom. The maximum atomic E-state index is 12.2. The van der Waals surface area contributed by atoms with E-state index in [1.807, 2.05) is 38.1 Å². The van der Waals surface area contributed by atoms with E-state index in [0.717, 1.165) is 40.7 Å². The van der Waals surface area contributed by atoms with Gasteiger partial charge in [-0.2, -0.15) is 15.1 Å². The molecule has 0 saturated heterocycles. The van der Waals surface area contributed by atoms with Gasteiger partial charge in [0.15, 0.2) is 5.82 Å². The maximum absolute atomic E-state index is 12.2. The van der Waals surface area contributed by atoms with Crippen molar-refractivity contribution < 1.29 is 14.1 Å². The van der Waals surface area contributed by atoms with Gasteiger partial charge in [-0.25, -0.2) is 9.78 Å². The summed E-state index contributed by atoms with van der Waals surface area (Å²) in [6.07, 6.45) is 5.56. The largest absolute Gasteiger partial charge is 0.451 e. The quantitative estimate of drug-likeness (QED) is 0.270. The SMILES string of the molecule is CC1(C)OC(=O)c2ccc(Nc3ncc(-c4nc(C5CC5)no4)c(Nc4ccc5[nH]ncc5c4)n3)cc21. The average Bonchev–Trinajstić information content (AvgIpc) is 3.33. The van der Waals surface area contributed by atoms with Crippen LogP contribution >= 0.6 is 0 Å². The average molecular weight is 495 g/mol. The highest BCUT2D eigenvalue weighted by molar-refractivity contribution is 5.95. The summed E-state index contributed by atoms with van der Waals surface area (Å²) in [6.45, 7) is 3.73. The van der Waals surface area contributed by atoms with Crippen molar-refractivity contribution in [3.05, 3.63) is 65.7 Å². The van der Waals surface area contributed by atoms with Crippen LogP contribution in [-0.4, -0.2) is 36.3 Å². The van der Waals surface area contributed by atoms with Crippen molar-refractivity contribution in [3.8, 4) is 11.5 Å². The maximum Gasteiger partial charge on any atom is 0.339 e. The van der Waals surface area contributed by atoms with Gasteiger partial charge in [-0.05, 0) is 63.1 Å². The molecule has 7 rings (SSSR count). The lowest BCUT2D eigenvalue weighted by molar-refractivity contribution is 0.00954. The Bertz CT molecular complexity index is 1680. The van der Waals surface area contributed by atoms with Crippen molar-refractivity contribution in [1.29, 1.82) is 0 Å². The molecule has 4 heterocycles. The molecule has 1 aliphatic heterocycles. The fourth-order valence-electron chi connectivity index (χ4n) is 4.47. The minimum absolute atomic E-state index is 0.321. The topological polar surface area (TPSA) is 144 Å². The van der Waals surface area contributed by atoms with E-state index in [9.17, 15) is 4.79 Å². The van der Waals surface area contributed by atoms with E-state index in [0.29, 0.717) is 40.5 Å². The van der Waals surface area contributed by atoms with Crippen LogP contribution < -0.4 is 10.6 Å². The number of carbonyl (C=O) groups is 1. The summed E-state index contributed by atoms with van der Waals surface area (Å²) < 4.78 is 11.1. The molecular formula is C26H22N8O3. The second-order valence-corrected chi connectivity index (χ2v) is 9.77. The number of cyclic esters (lactones) is 1. The Morgan fingerprint density at radius 1 is 1.00 bits per heavy atom. The molecule has 11 nitrogen and oxygen atoms in total. The summed E-state index contributed by atoms with van der Waals surface area (Å²) in [5.74, 6) is 1.97. The van der Waals surface area contributed by atoms with Crippen LogP contribution in [0.25, 0.3) is 22.4 Å². The highest BCUT2D eigenvalue weighted by Crippen LogP contribution is 2.40. The van der Waals surface area contributed by atoms with Crippen LogP contribution in [-0.2, 0) is 10.3 Å². The molecule has 0 spiro atoms. The predicted molar refractivity (Wildman–Crippen MR) is 135 cm³/mol. The number of ether oxygens (including phenoxy) is 1. The number of hydrogen-bond acceptors (Lipinski definition) is 10. The summed E-state index contributed by atoms with van der Waals surface area (Å²) >= 11 is 0. The Morgan fingerprint density at radius 3 is 2.70 bits per heavy atom. The fourth-order valence-corrected chi connectivity index (χ4v) is 4.47. The van der Waals surface area contributed by atoms with Crippen molar-refractivity contribution in [3.63, 3.8) is 0 Å². The smallest absolute Gasteiger partial charge is 0.339 e. The molecule has 3 aromatic heterocycles. The highest BCUT2D eigenvalue weighted by atomic mass is 16.6.